The highest BCUT2D eigenvalue weighted by Gasteiger charge is 2.01. The molecule has 1 N–H and O–H groups in total. The third kappa shape index (κ3) is 1.94. The molecule has 1 atom stereocenters. The number of phenols is 1. The van der Waals surface area contributed by atoms with Gasteiger partial charge in [0.25, 0.3) is 0 Å². The molecule has 0 spiro atoms. The van der Waals surface area contributed by atoms with Gasteiger partial charge in [0.1, 0.15) is 5.75 Å². The third-order valence-electron chi connectivity index (χ3n) is 1.62. The van der Waals surface area contributed by atoms with Crippen molar-refractivity contribution < 1.29 is 9.90 Å². The van der Waals surface area contributed by atoms with Crippen LogP contribution in [0.2, 0.25) is 0 Å². The van der Waals surface area contributed by atoms with E-state index in [9.17, 15) is 4.79 Å². The molecular formula is C9H9NO2. The second-order valence-corrected chi connectivity index (χ2v) is 2.49. The first kappa shape index (κ1) is 8.50. The zero-order valence-corrected chi connectivity index (χ0v) is 6.69. The summed E-state index contributed by atoms with van der Waals surface area (Å²) in [4.78, 5) is 13.5. The molecule has 0 aliphatic heterocycles. The Balaban J connectivity index is 2.89. The number of carbonyl (C=O) groups excluding carboxylic acids is 1. The predicted octanol–water partition coefficient (Wildman–Crippen LogP) is 1.79. The van der Waals surface area contributed by atoms with Crippen molar-refractivity contribution in [1.82, 2.24) is 0 Å². The van der Waals surface area contributed by atoms with Gasteiger partial charge in [-0.1, -0.05) is 12.1 Å². The Morgan fingerprint density at radius 2 is 2.00 bits per heavy atom. The predicted molar refractivity (Wildman–Crippen MR) is 44.6 cm³/mol. The number of nitrogens with zero attached hydrogens (tertiary/aromatic N) is 1. The molecule has 0 heterocycles. The first-order valence-electron chi connectivity index (χ1n) is 3.60. The number of rotatable bonds is 2. The van der Waals surface area contributed by atoms with E-state index in [1.807, 2.05) is 0 Å². The van der Waals surface area contributed by atoms with Crippen molar-refractivity contribution >= 4 is 6.08 Å². The van der Waals surface area contributed by atoms with Gasteiger partial charge in [-0.3, -0.25) is 0 Å². The number of phenolic OH excluding ortho intramolecular Hbond substituents is 1. The van der Waals surface area contributed by atoms with Crippen molar-refractivity contribution in [2.24, 2.45) is 4.99 Å². The van der Waals surface area contributed by atoms with Crippen molar-refractivity contribution in [1.29, 1.82) is 0 Å². The van der Waals surface area contributed by atoms with E-state index in [0.29, 0.717) is 0 Å². The Bertz CT molecular complexity index is 299. The Morgan fingerprint density at radius 1 is 1.42 bits per heavy atom. The quantitative estimate of drug-likeness (QED) is 0.533. The number of hydrogen-bond donors (Lipinski definition) is 1. The number of isocyanates is 1. The number of hydrogen-bond acceptors (Lipinski definition) is 3. The van der Waals surface area contributed by atoms with Crippen molar-refractivity contribution in [3.05, 3.63) is 29.8 Å². The molecule has 62 valence electrons. The SMILES string of the molecule is CC(N=C=O)c1ccc(O)cc1. The van der Waals surface area contributed by atoms with Crippen molar-refractivity contribution in [3.63, 3.8) is 0 Å². The zero-order chi connectivity index (χ0) is 8.97. The van der Waals surface area contributed by atoms with E-state index in [4.69, 9.17) is 5.11 Å². The van der Waals surface area contributed by atoms with Crippen LogP contribution < -0.4 is 0 Å². The Labute approximate surface area is 70.4 Å². The van der Waals surface area contributed by atoms with Gasteiger partial charge in [0.05, 0.1) is 6.04 Å². The van der Waals surface area contributed by atoms with E-state index < -0.39 is 0 Å². The monoisotopic (exact) mass is 163 g/mol. The lowest BCUT2D eigenvalue weighted by Crippen LogP contribution is -1.87. The molecule has 0 saturated heterocycles. The second-order valence-electron chi connectivity index (χ2n) is 2.49. The van der Waals surface area contributed by atoms with Gasteiger partial charge in [-0.2, -0.15) is 4.99 Å². The van der Waals surface area contributed by atoms with Gasteiger partial charge in [-0.05, 0) is 24.6 Å². The maximum Gasteiger partial charge on any atom is 0.235 e. The van der Waals surface area contributed by atoms with E-state index in [-0.39, 0.29) is 11.8 Å². The molecule has 1 aromatic carbocycles. The first-order chi connectivity index (χ1) is 5.74. The van der Waals surface area contributed by atoms with Gasteiger partial charge < -0.3 is 5.11 Å². The maximum absolute atomic E-state index is 9.91. The van der Waals surface area contributed by atoms with Crippen LogP contribution in [-0.2, 0) is 4.79 Å². The summed E-state index contributed by atoms with van der Waals surface area (Å²) >= 11 is 0. The van der Waals surface area contributed by atoms with E-state index >= 15 is 0 Å². The van der Waals surface area contributed by atoms with Gasteiger partial charge in [0.15, 0.2) is 0 Å². The minimum absolute atomic E-state index is 0.192. The topological polar surface area (TPSA) is 49.7 Å². The summed E-state index contributed by atoms with van der Waals surface area (Å²) in [5.41, 5.74) is 0.885. The van der Waals surface area contributed by atoms with Gasteiger partial charge >= 0.3 is 0 Å². The number of benzene rings is 1. The highest BCUT2D eigenvalue weighted by Crippen LogP contribution is 2.18. The lowest BCUT2D eigenvalue weighted by molar-refractivity contribution is 0.475. The van der Waals surface area contributed by atoms with Crippen LogP contribution in [0.5, 0.6) is 5.75 Å². The second kappa shape index (κ2) is 3.69. The van der Waals surface area contributed by atoms with Crippen molar-refractivity contribution in [2.75, 3.05) is 0 Å². The first-order valence-corrected chi connectivity index (χ1v) is 3.60. The average molecular weight is 163 g/mol. The molecule has 0 amide bonds. The standard InChI is InChI=1S/C9H9NO2/c1-7(10-6-11)8-2-4-9(12)5-3-8/h2-5,7,12H,1H3. The molecule has 0 bridgehead atoms. The fraction of sp³-hybridized carbons (Fsp3) is 0.222. The fourth-order valence-corrected chi connectivity index (χ4v) is 0.906. The molecule has 0 saturated carbocycles. The van der Waals surface area contributed by atoms with Crippen LogP contribution in [0.4, 0.5) is 0 Å². The maximum atomic E-state index is 9.91. The highest BCUT2D eigenvalue weighted by molar-refractivity contribution is 5.36. The summed E-state index contributed by atoms with van der Waals surface area (Å²) in [6.07, 6.45) is 1.49. The van der Waals surface area contributed by atoms with E-state index in [0.717, 1.165) is 5.56 Å². The molecule has 1 rings (SSSR count). The van der Waals surface area contributed by atoms with Crippen LogP contribution in [0.1, 0.15) is 18.5 Å². The summed E-state index contributed by atoms with van der Waals surface area (Å²) in [6.45, 7) is 1.79. The molecular weight excluding hydrogens is 154 g/mol. The summed E-state index contributed by atoms with van der Waals surface area (Å²) < 4.78 is 0. The molecule has 0 aliphatic carbocycles. The van der Waals surface area contributed by atoms with Gasteiger partial charge in [-0.25, -0.2) is 4.79 Å². The molecule has 3 nitrogen and oxygen atoms in total. The molecule has 12 heavy (non-hydrogen) atoms. The Kier molecular flexibility index (Phi) is 2.62. The molecule has 1 aromatic rings. The molecule has 0 fully saturated rings. The van der Waals surface area contributed by atoms with Crippen molar-refractivity contribution in [3.8, 4) is 5.75 Å². The zero-order valence-electron chi connectivity index (χ0n) is 6.69. The van der Waals surface area contributed by atoms with E-state index in [1.165, 1.54) is 6.08 Å². The largest absolute Gasteiger partial charge is 0.508 e. The average Bonchev–Trinajstić information content (AvgIpc) is 2.06. The van der Waals surface area contributed by atoms with Gasteiger partial charge in [0, 0.05) is 0 Å². The highest BCUT2D eigenvalue weighted by atomic mass is 16.3. The summed E-state index contributed by atoms with van der Waals surface area (Å²) in [5, 5.41) is 8.96. The fourth-order valence-electron chi connectivity index (χ4n) is 0.906. The summed E-state index contributed by atoms with van der Waals surface area (Å²) in [7, 11) is 0. The van der Waals surface area contributed by atoms with Crippen LogP contribution in [0.3, 0.4) is 0 Å². The molecule has 3 heteroatoms. The molecule has 0 radical (unpaired) electrons. The minimum Gasteiger partial charge on any atom is -0.508 e. The molecule has 0 aliphatic rings. The van der Waals surface area contributed by atoms with Gasteiger partial charge in [-0.15, -0.1) is 0 Å². The van der Waals surface area contributed by atoms with Crippen LogP contribution in [0, 0.1) is 0 Å². The Hall–Kier alpha value is -1.60. The van der Waals surface area contributed by atoms with Crippen LogP contribution in [-0.4, -0.2) is 11.2 Å². The van der Waals surface area contributed by atoms with Gasteiger partial charge in [0.2, 0.25) is 6.08 Å². The number of aromatic hydroxyl groups is 1. The van der Waals surface area contributed by atoms with Crippen LogP contribution >= 0.6 is 0 Å². The normalized spacial score (nSPS) is 11.8. The third-order valence-corrected chi connectivity index (χ3v) is 1.62. The number of aliphatic imine (C=N–C) groups is 1. The van der Waals surface area contributed by atoms with Crippen molar-refractivity contribution in [2.45, 2.75) is 13.0 Å². The minimum atomic E-state index is -0.192. The smallest absolute Gasteiger partial charge is 0.235 e. The van der Waals surface area contributed by atoms with E-state index in [2.05, 4.69) is 4.99 Å². The summed E-state index contributed by atoms with van der Waals surface area (Å²) in [5.74, 6) is 0.209. The summed E-state index contributed by atoms with van der Waals surface area (Å²) in [6, 6.07) is 6.38. The lowest BCUT2D eigenvalue weighted by atomic mass is 10.1. The molecule has 1 unspecified atom stereocenters. The van der Waals surface area contributed by atoms with Crippen LogP contribution in [0.25, 0.3) is 0 Å². The molecule has 0 aromatic heterocycles. The van der Waals surface area contributed by atoms with E-state index in [1.54, 1.807) is 31.2 Å². The lowest BCUT2D eigenvalue weighted by Gasteiger charge is -2.02. The Morgan fingerprint density at radius 3 is 2.50 bits per heavy atom. The van der Waals surface area contributed by atoms with Crippen LogP contribution in [0.15, 0.2) is 29.3 Å².